The van der Waals surface area contributed by atoms with E-state index in [1.54, 1.807) is 12.1 Å². The van der Waals surface area contributed by atoms with Gasteiger partial charge in [-0.3, -0.25) is 0 Å². The molecule has 2 fully saturated rings. The maximum atomic E-state index is 10.5. The quantitative estimate of drug-likeness (QED) is 0.881. The Bertz CT molecular complexity index is 677. The molecule has 25 heavy (non-hydrogen) atoms. The summed E-state index contributed by atoms with van der Waals surface area (Å²) in [5.74, 6) is 0.553. The van der Waals surface area contributed by atoms with E-state index in [2.05, 4.69) is 0 Å². The van der Waals surface area contributed by atoms with Gasteiger partial charge in [-0.25, -0.2) is 0 Å². The molecule has 4 rings (SSSR count). The zero-order valence-electron chi connectivity index (χ0n) is 13.5. The molecule has 132 valence electrons. The number of hydrogen-bond acceptors (Lipinski definition) is 6. The Kier molecular flexibility index (Phi) is 4.70. The number of aliphatic hydroxyl groups excluding tert-OH is 2. The van der Waals surface area contributed by atoms with E-state index >= 15 is 0 Å². The third-order valence-electron chi connectivity index (χ3n) is 4.40. The van der Waals surface area contributed by atoms with Crippen molar-refractivity contribution in [2.24, 2.45) is 0 Å². The van der Waals surface area contributed by atoms with Crippen molar-refractivity contribution in [3.63, 3.8) is 0 Å². The van der Waals surface area contributed by atoms with E-state index in [-0.39, 0.29) is 6.61 Å². The van der Waals surface area contributed by atoms with E-state index in [0.29, 0.717) is 5.75 Å². The highest BCUT2D eigenvalue weighted by molar-refractivity contribution is 5.21. The first kappa shape index (κ1) is 16.5. The number of hydrogen-bond donors (Lipinski definition) is 2. The Morgan fingerprint density at radius 1 is 0.840 bits per heavy atom. The Morgan fingerprint density at radius 2 is 1.52 bits per heavy atom. The Labute approximate surface area is 145 Å². The molecule has 0 unspecified atom stereocenters. The molecule has 2 saturated heterocycles. The summed E-state index contributed by atoms with van der Waals surface area (Å²) in [4.78, 5) is 0. The van der Waals surface area contributed by atoms with Crippen LogP contribution < -0.4 is 4.74 Å². The van der Waals surface area contributed by atoms with Crippen molar-refractivity contribution in [3.8, 4) is 5.75 Å². The molecular formula is C19H20O6. The minimum absolute atomic E-state index is 0.239. The molecule has 0 amide bonds. The first-order valence-corrected chi connectivity index (χ1v) is 8.28. The second kappa shape index (κ2) is 7.11. The SMILES string of the molecule is O[C@@H]1[C@@H](O)[C@@H](Oc2ccccc2)O[C@@H]2CO[C@@H](c3ccccc3)O[C@@H]12. The van der Waals surface area contributed by atoms with Gasteiger partial charge in [0.15, 0.2) is 6.29 Å². The fraction of sp³-hybridized carbons (Fsp3) is 0.368. The van der Waals surface area contributed by atoms with Crippen molar-refractivity contribution in [1.82, 2.24) is 0 Å². The van der Waals surface area contributed by atoms with Crippen molar-refractivity contribution < 1.29 is 29.2 Å². The summed E-state index contributed by atoms with van der Waals surface area (Å²) >= 11 is 0. The van der Waals surface area contributed by atoms with Gasteiger partial charge in [-0.05, 0) is 12.1 Å². The van der Waals surface area contributed by atoms with Crippen LogP contribution in [-0.2, 0) is 14.2 Å². The Balaban J connectivity index is 1.46. The first-order valence-electron chi connectivity index (χ1n) is 8.28. The maximum Gasteiger partial charge on any atom is 0.229 e. The monoisotopic (exact) mass is 344 g/mol. The number of fused-ring (bicyclic) bond motifs is 1. The second-order valence-electron chi connectivity index (χ2n) is 6.13. The van der Waals surface area contributed by atoms with Gasteiger partial charge in [-0.1, -0.05) is 48.5 Å². The molecule has 2 aliphatic rings. The third kappa shape index (κ3) is 3.40. The number of aliphatic hydroxyl groups is 2. The normalized spacial score (nSPS) is 35.0. The molecule has 0 bridgehead atoms. The molecule has 2 aliphatic heterocycles. The lowest BCUT2D eigenvalue weighted by Gasteiger charge is -2.46. The fourth-order valence-electron chi connectivity index (χ4n) is 3.09. The second-order valence-corrected chi connectivity index (χ2v) is 6.13. The average molecular weight is 344 g/mol. The molecule has 6 heteroatoms. The highest BCUT2D eigenvalue weighted by Gasteiger charge is 2.49. The number of benzene rings is 2. The minimum Gasteiger partial charge on any atom is -0.462 e. The highest BCUT2D eigenvalue weighted by Crippen LogP contribution is 2.34. The van der Waals surface area contributed by atoms with Crippen molar-refractivity contribution in [1.29, 1.82) is 0 Å². The van der Waals surface area contributed by atoms with E-state index in [0.717, 1.165) is 5.56 Å². The van der Waals surface area contributed by atoms with Gasteiger partial charge in [-0.2, -0.15) is 0 Å². The van der Waals surface area contributed by atoms with Gasteiger partial charge in [0.05, 0.1) is 6.61 Å². The largest absolute Gasteiger partial charge is 0.462 e. The molecule has 6 nitrogen and oxygen atoms in total. The number of para-hydroxylation sites is 1. The van der Waals surface area contributed by atoms with Crippen LogP contribution in [0.5, 0.6) is 5.75 Å². The molecule has 2 heterocycles. The number of rotatable bonds is 3. The van der Waals surface area contributed by atoms with Crippen LogP contribution in [0, 0.1) is 0 Å². The lowest BCUT2D eigenvalue weighted by atomic mass is 9.98. The van der Waals surface area contributed by atoms with Crippen LogP contribution in [0.4, 0.5) is 0 Å². The fourth-order valence-corrected chi connectivity index (χ4v) is 3.09. The topological polar surface area (TPSA) is 77.4 Å². The smallest absolute Gasteiger partial charge is 0.229 e. The predicted molar refractivity (Wildman–Crippen MR) is 87.8 cm³/mol. The third-order valence-corrected chi connectivity index (χ3v) is 4.40. The molecule has 0 spiro atoms. The summed E-state index contributed by atoms with van der Waals surface area (Å²) in [5, 5.41) is 20.9. The van der Waals surface area contributed by atoms with Gasteiger partial charge in [-0.15, -0.1) is 0 Å². The van der Waals surface area contributed by atoms with Gasteiger partial charge >= 0.3 is 0 Å². The lowest BCUT2D eigenvalue weighted by Crippen LogP contribution is -2.62. The van der Waals surface area contributed by atoms with Gasteiger partial charge in [0.25, 0.3) is 0 Å². The maximum absolute atomic E-state index is 10.5. The summed E-state index contributed by atoms with van der Waals surface area (Å²) in [5.41, 5.74) is 0.852. The minimum atomic E-state index is -1.23. The van der Waals surface area contributed by atoms with Gasteiger partial charge in [0.1, 0.15) is 30.2 Å². The summed E-state index contributed by atoms with van der Waals surface area (Å²) in [7, 11) is 0. The van der Waals surface area contributed by atoms with Crippen molar-refractivity contribution in [2.75, 3.05) is 6.61 Å². The standard InChI is InChI=1S/C19H20O6/c20-15-16(21)19(23-13-9-5-2-6-10-13)24-14-11-22-18(25-17(14)15)12-7-3-1-4-8-12/h1-10,14-21H,11H2/t14-,15-,16-,17-,18-,19+/m1/s1. The molecule has 2 aromatic rings. The van der Waals surface area contributed by atoms with E-state index in [4.69, 9.17) is 18.9 Å². The lowest BCUT2D eigenvalue weighted by molar-refractivity contribution is -0.350. The van der Waals surface area contributed by atoms with Crippen LogP contribution in [0.3, 0.4) is 0 Å². The molecule has 6 atom stereocenters. The zero-order chi connectivity index (χ0) is 17.2. The van der Waals surface area contributed by atoms with E-state index < -0.39 is 37.0 Å². The van der Waals surface area contributed by atoms with Crippen LogP contribution in [0.25, 0.3) is 0 Å². The Morgan fingerprint density at radius 3 is 2.24 bits per heavy atom. The van der Waals surface area contributed by atoms with Crippen LogP contribution in [0.2, 0.25) is 0 Å². The summed E-state index contributed by atoms with van der Waals surface area (Å²) in [6.45, 7) is 0.239. The van der Waals surface area contributed by atoms with Crippen molar-refractivity contribution in [3.05, 3.63) is 66.2 Å². The summed E-state index contributed by atoms with van der Waals surface area (Å²) in [6.07, 6.45) is -5.16. The molecule has 2 aromatic carbocycles. The first-order chi connectivity index (χ1) is 12.2. The Hall–Kier alpha value is -1.96. The summed E-state index contributed by atoms with van der Waals surface area (Å²) in [6, 6.07) is 18.5. The van der Waals surface area contributed by atoms with Crippen LogP contribution in [0.15, 0.2) is 60.7 Å². The van der Waals surface area contributed by atoms with Crippen molar-refractivity contribution >= 4 is 0 Å². The molecule has 0 saturated carbocycles. The van der Waals surface area contributed by atoms with Crippen molar-refractivity contribution in [2.45, 2.75) is 37.0 Å². The molecule has 0 aromatic heterocycles. The zero-order valence-corrected chi connectivity index (χ0v) is 13.5. The van der Waals surface area contributed by atoms with E-state index in [1.807, 2.05) is 48.5 Å². The average Bonchev–Trinajstić information content (AvgIpc) is 2.67. The molecule has 0 radical (unpaired) electrons. The summed E-state index contributed by atoms with van der Waals surface area (Å²) < 4.78 is 23.0. The van der Waals surface area contributed by atoms with Gasteiger partial charge < -0.3 is 29.2 Å². The molecular weight excluding hydrogens is 324 g/mol. The van der Waals surface area contributed by atoms with Gasteiger partial charge in [0.2, 0.25) is 6.29 Å². The van der Waals surface area contributed by atoms with Crippen LogP contribution >= 0.6 is 0 Å². The number of ether oxygens (including phenoxy) is 4. The van der Waals surface area contributed by atoms with E-state index in [9.17, 15) is 10.2 Å². The predicted octanol–water partition coefficient (Wildman–Crippen LogP) is 1.63. The van der Waals surface area contributed by atoms with E-state index in [1.165, 1.54) is 0 Å². The highest BCUT2D eigenvalue weighted by atomic mass is 16.8. The molecule has 2 N–H and O–H groups in total. The van der Waals surface area contributed by atoms with Crippen LogP contribution in [-0.4, -0.2) is 47.5 Å². The van der Waals surface area contributed by atoms with Gasteiger partial charge in [0, 0.05) is 5.56 Å². The molecule has 0 aliphatic carbocycles. The van der Waals surface area contributed by atoms with Crippen LogP contribution in [0.1, 0.15) is 11.9 Å².